The number of amides is 1. The van der Waals surface area contributed by atoms with E-state index in [2.05, 4.69) is 5.32 Å². The molecule has 0 radical (unpaired) electrons. The minimum atomic E-state index is -0.496. The Morgan fingerprint density at radius 2 is 1.83 bits per heavy atom. The van der Waals surface area contributed by atoms with Gasteiger partial charge in [-0.3, -0.25) is 14.9 Å². The molecule has 23 heavy (non-hydrogen) atoms. The molecule has 0 aliphatic rings. The van der Waals surface area contributed by atoms with Crippen molar-refractivity contribution in [1.82, 2.24) is 0 Å². The second-order valence-corrected chi connectivity index (χ2v) is 5.35. The van der Waals surface area contributed by atoms with Crippen LogP contribution in [0.4, 0.5) is 11.4 Å². The van der Waals surface area contributed by atoms with E-state index in [0.29, 0.717) is 17.0 Å². The molecule has 2 aromatic carbocycles. The van der Waals surface area contributed by atoms with Crippen LogP contribution in [-0.4, -0.2) is 16.9 Å². The molecule has 0 aliphatic carbocycles. The van der Waals surface area contributed by atoms with Crippen LogP contribution in [0.15, 0.2) is 42.5 Å². The molecule has 0 saturated carbocycles. The summed E-state index contributed by atoms with van der Waals surface area (Å²) < 4.78 is 5.53. The quantitative estimate of drug-likeness (QED) is 0.669. The van der Waals surface area contributed by atoms with Crippen LogP contribution in [0.1, 0.15) is 29.8 Å². The highest BCUT2D eigenvalue weighted by Crippen LogP contribution is 2.23. The van der Waals surface area contributed by atoms with E-state index in [1.807, 2.05) is 13.8 Å². The zero-order chi connectivity index (χ0) is 17.0. The Balaban J connectivity index is 2.16. The molecule has 1 amide bonds. The lowest BCUT2D eigenvalue weighted by Gasteiger charge is -2.11. The van der Waals surface area contributed by atoms with Crippen LogP contribution in [0.25, 0.3) is 0 Å². The van der Waals surface area contributed by atoms with Crippen molar-refractivity contribution in [3.8, 4) is 5.75 Å². The van der Waals surface area contributed by atoms with Gasteiger partial charge in [0.2, 0.25) is 0 Å². The maximum atomic E-state index is 12.3. The maximum Gasteiger partial charge on any atom is 0.273 e. The molecule has 6 nitrogen and oxygen atoms in total. The van der Waals surface area contributed by atoms with Gasteiger partial charge in [0, 0.05) is 22.9 Å². The molecule has 6 heteroatoms. The zero-order valence-electron chi connectivity index (χ0n) is 13.2. The average Bonchev–Trinajstić information content (AvgIpc) is 2.48. The van der Waals surface area contributed by atoms with Crippen molar-refractivity contribution in [1.29, 1.82) is 0 Å². The molecular weight excluding hydrogens is 296 g/mol. The van der Waals surface area contributed by atoms with E-state index in [-0.39, 0.29) is 23.3 Å². The Labute approximate surface area is 134 Å². The Bertz CT molecular complexity index is 724. The third-order valence-electron chi connectivity index (χ3n) is 3.23. The molecule has 0 aliphatic heterocycles. The smallest absolute Gasteiger partial charge is 0.273 e. The first kappa shape index (κ1) is 16.5. The van der Waals surface area contributed by atoms with Gasteiger partial charge < -0.3 is 10.1 Å². The van der Waals surface area contributed by atoms with Gasteiger partial charge in [0.05, 0.1) is 11.0 Å². The molecule has 2 aromatic rings. The topological polar surface area (TPSA) is 81.5 Å². The number of nitrogens with one attached hydrogen (secondary N) is 1. The van der Waals surface area contributed by atoms with Gasteiger partial charge in [-0.1, -0.05) is 6.07 Å². The predicted molar refractivity (Wildman–Crippen MR) is 88.0 cm³/mol. The molecule has 0 fully saturated rings. The lowest BCUT2D eigenvalue weighted by atomic mass is 10.1. The van der Waals surface area contributed by atoms with E-state index < -0.39 is 4.92 Å². The second-order valence-electron chi connectivity index (χ2n) is 5.35. The molecule has 2 rings (SSSR count). The Hall–Kier alpha value is -2.89. The second kappa shape index (κ2) is 6.91. The van der Waals surface area contributed by atoms with Crippen LogP contribution < -0.4 is 10.1 Å². The lowest BCUT2D eigenvalue weighted by Crippen LogP contribution is -2.14. The van der Waals surface area contributed by atoms with Crippen molar-refractivity contribution < 1.29 is 14.5 Å². The van der Waals surface area contributed by atoms with Crippen LogP contribution in [0.2, 0.25) is 0 Å². The standard InChI is InChI=1S/C17H18N2O4/c1-11(2)23-14-9-7-13(8-10-14)18-17(20)15-5-4-6-16(12(15)3)19(21)22/h4-11H,1-3H3,(H,18,20). The highest BCUT2D eigenvalue weighted by molar-refractivity contribution is 6.05. The minimum Gasteiger partial charge on any atom is -0.491 e. The molecule has 0 aromatic heterocycles. The number of rotatable bonds is 5. The van der Waals surface area contributed by atoms with Crippen molar-refractivity contribution in [3.63, 3.8) is 0 Å². The average molecular weight is 314 g/mol. The first-order valence-corrected chi connectivity index (χ1v) is 7.20. The lowest BCUT2D eigenvalue weighted by molar-refractivity contribution is -0.385. The fourth-order valence-corrected chi connectivity index (χ4v) is 2.15. The van der Waals surface area contributed by atoms with Crippen LogP contribution in [0.3, 0.4) is 0 Å². The molecule has 120 valence electrons. The number of nitro benzene ring substituents is 1. The van der Waals surface area contributed by atoms with Crippen molar-refractivity contribution in [2.75, 3.05) is 5.32 Å². The fraction of sp³-hybridized carbons (Fsp3) is 0.235. The van der Waals surface area contributed by atoms with Crippen LogP contribution in [0.5, 0.6) is 5.75 Å². The van der Waals surface area contributed by atoms with Gasteiger partial charge in [-0.15, -0.1) is 0 Å². The van der Waals surface area contributed by atoms with Crippen LogP contribution in [-0.2, 0) is 0 Å². The SMILES string of the molecule is Cc1c(C(=O)Nc2ccc(OC(C)C)cc2)cccc1[N+](=O)[O-]. The number of nitro groups is 1. The summed E-state index contributed by atoms with van der Waals surface area (Å²) in [6.45, 7) is 5.42. The highest BCUT2D eigenvalue weighted by Gasteiger charge is 2.17. The highest BCUT2D eigenvalue weighted by atomic mass is 16.6. The number of hydrogen-bond acceptors (Lipinski definition) is 4. The van der Waals surface area contributed by atoms with Crippen molar-refractivity contribution in [2.45, 2.75) is 26.9 Å². The number of ether oxygens (including phenoxy) is 1. The maximum absolute atomic E-state index is 12.3. The first-order chi connectivity index (χ1) is 10.9. The summed E-state index contributed by atoms with van der Waals surface area (Å²) in [6, 6.07) is 11.4. The Morgan fingerprint density at radius 3 is 2.39 bits per heavy atom. The molecule has 0 bridgehead atoms. The van der Waals surface area contributed by atoms with E-state index in [4.69, 9.17) is 4.74 Å². The molecule has 0 spiro atoms. The molecule has 0 unspecified atom stereocenters. The fourth-order valence-electron chi connectivity index (χ4n) is 2.15. The summed E-state index contributed by atoms with van der Waals surface area (Å²) in [4.78, 5) is 22.8. The number of nitrogens with zero attached hydrogens (tertiary/aromatic N) is 1. The van der Waals surface area contributed by atoms with E-state index in [1.165, 1.54) is 12.1 Å². The van der Waals surface area contributed by atoms with Crippen LogP contribution in [0, 0.1) is 17.0 Å². The van der Waals surface area contributed by atoms with Crippen molar-refractivity contribution in [2.24, 2.45) is 0 Å². The van der Waals surface area contributed by atoms with Crippen molar-refractivity contribution >= 4 is 17.3 Å². The third kappa shape index (κ3) is 4.06. The molecule has 0 heterocycles. The number of anilines is 1. The summed E-state index contributed by atoms with van der Waals surface area (Å²) in [5.41, 5.74) is 1.15. The van der Waals surface area contributed by atoms with Gasteiger partial charge in [-0.2, -0.15) is 0 Å². The number of carbonyl (C=O) groups is 1. The predicted octanol–water partition coefficient (Wildman–Crippen LogP) is 3.94. The third-order valence-corrected chi connectivity index (χ3v) is 3.23. The van der Waals surface area contributed by atoms with Gasteiger partial charge in [0.15, 0.2) is 0 Å². The summed E-state index contributed by atoms with van der Waals surface area (Å²) in [7, 11) is 0. The van der Waals surface area contributed by atoms with E-state index in [9.17, 15) is 14.9 Å². The van der Waals surface area contributed by atoms with Gasteiger partial charge in [-0.25, -0.2) is 0 Å². The van der Waals surface area contributed by atoms with Gasteiger partial charge in [0.1, 0.15) is 5.75 Å². The summed E-state index contributed by atoms with van der Waals surface area (Å²) in [5, 5.41) is 13.7. The van der Waals surface area contributed by atoms with E-state index in [0.717, 1.165) is 0 Å². The molecule has 0 atom stereocenters. The normalized spacial score (nSPS) is 10.4. The number of carbonyl (C=O) groups excluding carboxylic acids is 1. The monoisotopic (exact) mass is 314 g/mol. The van der Waals surface area contributed by atoms with E-state index in [1.54, 1.807) is 37.3 Å². The summed E-state index contributed by atoms with van der Waals surface area (Å²) >= 11 is 0. The first-order valence-electron chi connectivity index (χ1n) is 7.20. The zero-order valence-corrected chi connectivity index (χ0v) is 13.2. The number of hydrogen-bond donors (Lipinski definition) is 1. The summed E-state index contributed by atoms with van der Waals surface area (Å²) in [6.07, 6.45) is 0.0722. The van der Waals surface area contributed by atoms with Crippen molar-refractivity contribution in [3.05, 3.63) is 63.7 Å². The largest absolute Gasteiger partial charge is 0.491 e. The van der Waals surface area contributed by atoms with E-state index >= 15 is 0 Å². The molecular formula is C17H18N2O4. The summed E-state index contributed by atoms with van der Waals surface area (Å²) in [5.74, 6) is 0.327. The van der Waals surface area contributed by atoms with Gasteiger partial charge in [-0.05, 0) is 51.1 Å². The number of benzene rings is 2. The van der Waals surface area contributed by atoms with Gasteiger partial charge in [0.25, 0.3) is 11.6 Å². The van der Waals surface area contributed by atoms with Gasteiger partial charge >= 0.3 is 0 Å². The Kier molecular flexibility index (Phi) is 4.95. The Morgan fingerprint density at radius 1 is 1.17 bits per heavy atom. The van der Waals surface area contributed by atoms with Crippen LogP contribution >= 0.6 is 0 Å². The minimum absolute atomic E-state index is 0.0710. The molecule has 1 N–H and O–H groups in total. The molecule has 0 saturated heterocycles.